The van der Waals surface area contributed by atoms with Crippen LogP contribution in [0.25, 0.3) is 0 Å². The largest absolute Gasteiger partial charge is 0.417 e. The standard InChI is InChI=1S/C14H10F3N3/c15-14(16,17)13-7-12(5-4-9(13)8-18)20-11-3-1-2-10(19)6-11/h1-7,20H,19H2. The van der Waals surface area contributed by atoms with Crippen molar-refractivity contribution in [1.82, 2.24) is 0 Å². The van der Waals surface area contributed by atoms with E-state index in [-0.39, 0.29) is 5.69 Å². The number of nitrogens with zero attached hydrogens (tertiary/aromatic N) is 1. The van der Waals surface area contributed by atoms with Gasteiger partial charge in [0.25, 0.3) is 0 Å². The van der Waals surface area contributed by atoms with Gasteiger partial charge in [0.05, 0.1) is 17.2 Å². The van der Waals surface area contributed by atoms with Crippen LogP contribution in [0.4, 0.5) is 30.2 Å². The predicted molar refractivity (Wildman–Crippen MR) is 70.3 cm³/mol. The van der Waals surface area contributed by atoms with Crippen molar-refractivity contribution in [3.63, 3.8) is 0 Å². The molecule has 0 amide bonds. The zero-order valence-corrected chi connectivity index (χ0v) is 10.2. The summed E-state index contributed by atoms with van der Waals surface area (Å²) in [6.45, 7) is 0. The highest BCUT2D eigenvalue weighted by Gasteiger charge is 2.33. The Morgan fingerprint density at radius 1 is 1.05 bits per heavy atom. The summed E-state index contributed by atoms with van der Waals surface area (Å²) in [5.41, 5.74) is 5.53. The summed E-state index contributed by atoms with van der Waals surface area (Å²) in [5, 5.41) is 11.5. The summed E-state index contributed by atoms with van der Waals surface area (Å²) < 4.78 is 38.5. The highest BCUT2D eigenvalue weighted by molar-refractivity contribution is 5.65. The molecule has 2 aromatic carbocycles. The van der Waals surface area contributed by atoms with E-state index in [1.807, 2.05) is 0 Å². The van der Waals surface area contributed by atoms with Crippen molar-refractivity contribution in [2.24, 2.45) is 0 Å². The molecular weight excluding hydrogens is 267 g/mol. The fourth-order valence-electron chi connectivity index (χ4n) is 1.74. The van der Waals surface area contributed by atoms with Crippen molar-refractivity contribution in [3.8, 4) is 6.07 Å². The van der Waals surface area contributed by atoms with E-state index in [9.17, 15) is 13.2 Å². The van der Waals surface area contributed by atoms with Gasteiger partial charge in [-0.1, -0.05) is 6.07 Å². The van der Waals surface area contributed by atoms with Crippen LogP contribution in [0.2, 0.25) is 0 Å². The number of nitrogens with two attached hydrogens (primary N) is 1. The van der Waals surface area contributed by atoms with Gasteiger partial charge in [-0.2, -0.15) is 18.4 Å². The minimum Gasteiger partial charge on any atom is -0.399 e. The number of anilines is 3. The van der Waals surface area contributed by atoms with Crippen LogP contribution in [0.5, 0.6) is 0 Å². The first-order chi connectivity index (χ1) is 9.40. The second-order valence-electron chi connectivity index (χ2n) is 4.12. The van der Waals surface area contributed by atoms with E-state index in [4.69, 9.17) is 11.0 Å². The fourth-order valence-corrected chi connectivity index (χ4v) is 1.74. The lowest BCUT2D eigenvalue weighted by Gasteiger charge is -2.12. The molecule has 0 saturated carbocycles. The summed E-state index contributed by atoms with van der Waals surface area (Å²) >= 11 is 0. The highest BCUT2D eigenvalue weighted by Crippen LogP contribution is 2.34. The molecule has 0 bridgehead atoms. The monoisotopic (exact) mass is 277 g/mol. The molecule has 2 aromatic rings. The molecule has 0 unspecified atom stereocenters. The summed E-state index contributed by atoms with van der Waals surface area (Å²) in [4.78, 5) is 0. The molecule has 0 heterocycles. The molecular formula is C14H10F3N3. The van der Waals surface area contributed by atoms with Crippen molar-refractivity contribution in [3.05, 3.63) is 53.6 Å². The second-order valence-corrected chi connectivity index (χ2v) is 4.12. The second kappa shape index (κ2) is 5.13. The third kappa shape index (κ3) is 3.01. The SMILES string of the molecule is N#Cc1ccc(Nc2cccc(N)c2)cc1C(F)(F)F. The van der Waals surface area contributed by atoms with E-state index in [1.54, 1.807) is 24.3 Å². The summed E-state index contributed by atoms with van der Waals surface area (Å²) in [7, 11) is 0. The van der Waals surface area contributed by atoms with Gasteiger partial charge < -0.3 is 11.1 Å². The molecule has 3 nitrogen and oxygen atoms in total. The maximum atomic E-state index is 12.8. The normalized spacial score (nSPS) is 10.9. The lowest BCUT2D eigenvalue weighted by Crippen LogP contribution is -2.08. The van der Waals surface area contributed by atoms with E-state index in [0.29, 0.717) is 11.4 Å². The van der Waals surface area contributed by atoms with Crippen molar-refractivity contribution in [2.45, 2.75) is 6.18 Å². The molecule has 0 aliphatic carbocycles. The van der Waals surface area contributed by atoms with Crippen molar-refractivity contribution in [2.75, 3.05) is 11.1 Å². The Morgan fingerprint density at radius 2 is 1.75 bits per heavy atom. The minimum absolute atomic E-state index is 0.238. The smallest absolute Gasteiger partial charge is 0.399 e. The summed E-state index contributed by atoms with van der Waals surface area (Å²) in [6, 6.07) is 11.6. The molecule has 0 atom stereocenters. The van der Waals surface area contributed by atoms with Gasteiger partial charge in [-0.05, 0) is 36.4 Å². The Labute approximate surface area is 113 Å². The molecule has 0 saturated heterocycles. The number of nitriles is 1. The Morgan fingerprint density at radius 3 is 2.35 bits per heavy atom. The van der Waals surface area contributed by atoms with Crippen LogP contribution in [-0.4, -0.2) is 0 Å². The quantitative estimate of drug-likeness (QED) is 0.818. The topological polar surface area (TPSA) is 61.8 Å². The predicted octanol–water partition coefficient (Wildman–Crippen LogP) is 3.90. The number of nitrogen functional groups attached to an aromatic ring is 1. The number of hydrogen-bond acceptors (Lipinski definition) is 3. The van der Waals surface area contributed by atoms with Crippen molar-refractivity contribution < 1.29 is 13.2 Å². The molecule has 0 aliphatic heterocycles. The zero-order valence-electron chi connectivity index (χ0n) is 10.2. The number of rotatable bonds is 2. The van der Waals surface area contributed by atoms with Crippen LogP contribution in [0.15, 0.2) is 42.5 Å². The third-order valence-electron chi connectivity index (χ3n) is 2.62. The number of benzene rings is 2. The number of hydrogen-bond donors (Lipinski definition) is 2. The van der Waals surface area contributed by atoms with Crippen LogP contribution >= 0.6 is 0 Å². The van der Waals surface area contributed by atoms with E-state index in [1.165, 1.54) is 12.1 Å². The number of nitrogens with one attached hydrogen (secondary N) is 1. The Kier molecular flexibility index (Phi) is 3.53. The third-order valence-corrected chi connectivity index (χ3v) is 2.62. The van der Waals surface area contributed by atoms with E-state index in [2.05, 4.69) is 5.32 Å². The minimum atomic E-state index is -4.57. The molecule has 6 heteroatoms. The lowest BCUT2D eigenvalue weighted by molar-refractivity contribution is -0.137. The molecule has 0 aliphatic rings. The van der Waals surface area contributed by atoms with Crippen LogP contribution in [-0.2, 0) is 6.18 Å². The van der Waals surface area contributed by atoms with Crippen LogP contribution in [0.3, 0.4) is 0 Å². The Hall–Kier alpha value is -2.68. The van der Waals surface area contributed by atoms with E-state index >= 15 is 0 Å². The van der Waals surface area contributed by atoms with E-state index in [0.717, 1.165) is 12.1 Å². The molecule has 0 spiro atoms. The van der Waals surface area contributed by atoms with Crippen LogP contribution in [0, 0.1) is 11.3 Å². The summed E-state index contributed by atoms with van der Waals surface area (Å²) in [5.74, 6) is 0. The van der Waals surface area contributed by atoms with Gasteiger partial charge in [0, 0.05) is 17.1 Å². The molecule has 0 aromatic heterocycles. The first kappa shape index (κ1) is 13.7. The van der Waals surface area contributed by atoms with Gasteiger partial charge in [0.1, 0.15) is 0 Å². The Bertz CT molecular complexity index is 672. The molecule has 0 radical (unpaired) electrons. The molecule has 3 N–H and O–H groups in total. The maximum absolute atomic E-state index is 12.8. The molecule has 2 rings (SSSR count). The first-order valence-electron chi connectivity index (χ1n) is 5.64. The Balaban J connectivity index is 2.37. The average Bonchev–Trinajstić information content (AvgIpc) is 2.37. The molecule has 102 valence electrons. The highest BCUT2D eigenvalue weighted by atomic mass is 19.4. The van der Waals surface area contributed by atoms with Gasteiger partial charge in [-0.15, -0.1) is 0 Å². The van der Waals surface area contributed by atoms with Gasteiger partial charge in [0.2, 0.25) is 0 Å². The number of halogens is 3. The van der Waals surface area contributed by atoms with Gasteiger partial charge >= 0.3 is 6.18 Å². The van der Waals surface area contributed by atoms with Gasteiger partial charge in [0.15, 0.2) is 0 Å². The molecule has 0 fully saturated rings. The van der Waals surface area contributed by atoms with Crippen molar-refractivity contribution in [1.29, 1.82) is 5.26 Å². The first-order valence-corrected chi connectivity index (χ1v) is 5.64. The van der Waals surface area contributed by atoms with Gasteiger partial charge in [-0.25, -0.2) is 0 Å². The average molecular weight is 277 g/mol. The maximum Gasteiger partial charge on any atom is 0.417 e. The summed E-state index contributed by atoms with van der Waals surface area (Å²) in [6.07, 6.45) is -4.57. The van der Waals surface area contributed by atoms with Crippen LogP contribution in [0.1, 0.15) is 11.1 Å². The van der Waals surface area contributed by atoms with Crippen LogP contribution < -0.4 is 11.1 Å². The molecule has 20 heavy (non-hydrogen) atoms. The van der Waals surface area contributed by atoms with Gasteiger partial charge in [-0.3, -0.25) is 0 Å². The number of alkyl halides is 3. The lowest BCUT2D eigenvalue weighted by atomic mass is 10.1. The zero-order chi connectivity index (χ0) is 14.8. The fraction of sp³-hybridized carbons (Fsp3) is 0.0714. The van der Waals surface area contributed by atoms with Crippen molar-refractivity contribution >= 4 is 17.1 Å². The van der Waals surface area contributed by atoms with E-state index < -0.39 is 17.3 Å².